The molecule has 84 valence electrons. The maximum atomic E-state index is 13.4. The number of aryl methyl sites for hydroxylation is 1. The minimum Gasteiger partial charge on any atom is -0.357 e. The summed E-state index contributed by atoms with van der Waals surface area (Å²) in [7, 11) is 3.49. The fourth-order valence-electron chi connectivity index (χ4n) is 1.11. The quantitative estimate of drug-likeness (QED) is 0.823. The van der Waals surface area contributed by atoms with Gasteiger partial charge in [-0.1, -0.05) is 11.8 Å². The smallest absolute Gasteiger partial charge is 0.223 e. The summed E-state index contributed by atoms with van der Waals surface area (Å²) in [4.78, 5) is 8.63. The number of nitrogens with one attached hydrogen (secondary N) is 1. The van der Waals surface area contributed by atoms with Gasteiger partial charge in [-0.15, -0.1) is 0 Å². The minimum absolute atomic E-state index is 0.285. The van der Waals surface area contributed by atoms with Crippen LogP contribution in [0.3, 0.4) is 0 Å². The zero-order chi connectivity index (χ0) is 11.5. The van der Waals surface area contributed by atoms with Crippen LogP contribution < -0.4 is 5.32 Å². The molecule has 0 atom stereocenters. The Kier molecular flexibility index (Phi) is 3.04. The molecule has 7 heteroatoms. The molecule has 0 aliphatic heterocycles. The predicted molar refractivity (Wildman–Crippen MR) is 58.9 cm³/mol. The third kappa shape index (κ3) is 2.30. The van der Waals surface area contributed by atoms with Crippen LogP contribution in [0.5, 0.6) is 0 Å². The van der Waals surface area contributed by atoms with Gasteiger partial charge in [0.15, 0.2) is 5.82 Å². The van der Waals surface area contributed by atoms with E-state index >= 15 is 0 Å². The standard InChI is InChI=1S/C9H10FN5S/c1-11-9-12-4-7(10)8(14-9)16-6-3-13-15(2)5-6/h3-5H,1-2H3,(H,11,12,14). The molecule has 2 heterocycles. The highest BCUT2D eigenvalue weighted by atomic mass is 32.2. The third-order valence-electron chi connectivity index (χ3n) is 1.83. The molecule has 2 aromatic rings. The number of hydrogen-bond donors (Lipinski definition) is 1. The van der Waals surface area contributed by atoms with Gasteiger partial charge in [0.25, 0.3) is 0 Å². The predicted octanol–water partition coefficient (Wildman–Crippen LogP) is 1.54. The second-order valence-electron chi connectivity index (χ2n) is 3.05. The number of anilines is 1. The van der Waals surface area contributed by atoms with Gasteiger partial charge in [0, 0.05) is 20.3 Å². The fraction of sp³-hybridized carbons (Fsp3) is 0.222. The first-order valence-electron chi connectivity index (χ1n) is 4.56. The summed E-state index contributed by atoms with van der Waals surface area (Å²) >= 11 is 1.22. The second-order valence-corrected chi connectivity index (χ2v) is 4.11. The van der Waals surface area contributed by atoms with Gasteiger partial charge in [-0.25, -0.2) is 14.4 Å². The number of halogens is 1. The van der Waals surface area contributed by atoms with Crippen LogP contribution in [0.25, 0.3) is 0 Å². The van der Waals surface area contributed by atoms with Crippen LogP contribution >= 0.6 is 11.8 Å². The maximum Gasteiger partial charge on any atom is 0.223 e. The lowest BCUT2D eigenvalue weighted by Crippen LogP contribution is -1.98. The Balaban J connectivity index is 2.26. The SMILES string of the molecule is CNc1ncc(F)c(Sc2cnn(C)c2)n1. The summed E-state index contributed by atoms with van der Waals surface area (Å²) in [5.74, 6) is -0.0411. The van der Waals surface area contributed by atoms with E-state index in [4.69, 9.17) is 0 Å². The first kappa shape index (κ1) is 10.9. The van der Waals surface area contributed by atoms with E-state index in [1.165, 1.54) is 11.8 Å². The number of rotatable bonds is 3. The van der Waals surface area contributed by atoms with Crippen LogP contribution in [0.2, 0.25) is 0 Å². The van der Waals surface area contributed by atoms with E-state index in [-0.39, 0.29) is 5.03 Å². The zero-order valence-electron chi connectivity index (χ0n) is 8.81. The Morgan fingerprint density at radius 2 is 2.25 bits per heavy atom. The third-order valence-corrected chi connectivity index (χ3v) is 2.76. The fourth-order valence-corrected chi connectivity index (χ4v) is 1.92. The number of aromatic nitrogens is 4. The van der Waals surface area contributed by atoms with Crippen molar-refractivity contribution >= 4 is 17.7 Å². The van der Waals surface area contributed by atoms with Gasteiger partial charge in [-0.2, -0.15) is 5.10 Å². The maximum absolute atomic E-state index is 13.4. The molecule has 0 aliphatic rings. The summed E-state index contributed by atoms with van der Waals surface area (Å²) in [6.45, 7) is 0. The molecule has 0 saturated heterocycles. The summed E-state index contributed by atoms with van der Waals surface area (Å²) < 4.78 is 15.1. The highest BCUT2D eigenvalue weighted by Crippen LogP contribution is 2.27. The molecule has 0 aromatic carbocycles. The molecule has 16 heavy (non-hydrogen) atoms. The van der Waals surface area contributed by atoms with Crippen molar-refractivity contribution in [2.45, 2.75) is 9.92 Å². The molecular weight excluding hydrogens is 229 g/mol. The van der Waals surface area contributed by atoms with Crippen molar-refractivity contribution in [3.05, 3.63) is 24.4 Å². The largest absolute Gasteiger partial charge is 0.357 e. The lowest BCUT2D eigenvalue weighted by atomic mass is 10.6. The van der Waals surface area contributed by atoms with Crippen molar-refractivity contribution in [3.8, 4) is 0 Å². The van der Waals surface area contributed by atoms with Crippen molar-refractivity contribution in [1.29, 1.82) is 0 Å². The van der Waals surface area contributed by atoms with Gasteiger partial charge in [-0.05, 0) is 0 Å². The van der Waals surface area contributed by atoms with E-state index in [2.05, 4.69) is 20.4 Å². The molecule has 0 amide bonds. The lowest BCUT2D eigenvalue weighted by molar-refractivity contribution is 0.580. The Morgan fingerprint density at radius 1 is 1.44 bits per heavy atom. The van der Waals surface area contributed by atoms with E-state index in [9.17, 15) is 4.39 Å². The molecule has 0 radical (unpaired) electrons. The van der Waals surface area contributed by atoms with Gasteiger partial charge in [0.1, 0.15) is 5.03 Å². The minimum atomic E-state index is -0.437. The molecule has 1 N–H and O–H groups in total. The van der Waals surface area contributed by atoms with E-state index in [1.54, 1.807) is 31.2 Å². The summed E-state index contributed by atoms with van der Waals surface area (Å²) in [5, 5.41) is 7.05. The molecule has 0 spiro atoms. The number of nitrogens with zero attached hydrogens (tertiary/aromatic N) is 4. The first-order valence-corrected chi connectivity index (χ1v) is 5.37. The van der Waals surface area contributed by atoms with Crippen molar-refractivity contribution < 1.29 is 4.39 Å². The molecule has 0 unspecified atom stereocenters. The van der Waals surface area contributed by atoms with Crippen LogP contribution in [-0.2, 0) is 7.05 Å². The van der Waals surface area contributed by atoms with Gasteiger partial charge in [0.05, 0.1) is 17.3 Å². The van der Waals surface area contributed by atoms with E-state index in [1.807, 2.05) is 0 Å². The van der Waals surface area contributed by atoms with Crippen molar-refractivity contribution in [2.24, 2.45) is 7.05 Å². The molecule has 0 bridgehead atoms. The van der Waals surface area contributed by atoms with E-state index in [0.29, 0.717) is 5.95 Å². The Labute approximate surface area is 96.1 Å². The van der Waals surface area contributed by atoms with Crippen molar-refractivity contribution in [1.82, 2.24) is 19.7 Å². The molecule has 0 fully saturated rings. The first-order chi connectivity index (χ1) is 7.69. The normalized spacial score (nSPS) is 10.4. The second kappa shape index (κ2) is 4.48. The van der Waals surface area contributed by atoms with Crippen LogP contribution in [0.15, 0.2) is 28.5 Å². The molecule has 0 saturated carbocycles. The highest BCUT2D eigenvalue weighted by molar-refractivity contribution is 7.99. The van der Waals surface area contributed by atoms with Crippen molar-refractivity contribution in [3.63, 3.8) is 0 Å². The zero-order valence-corrected chi connectivity index (χ0v) is 9.62. The molecule has 2 rings (SSSR count). The van der Waals surface area contributed by atoms with Crippen LogP contribution in [-0.4, -0.2) is 26.8 Å². The van der Waals surface area contributed by atoms with Gasteiger partial charge < -0.3 is 5.32 Å². The van der Waals surface area contributed by atoms with Crippen molar-refractivity contribution in [2.75, 3.05) is 12.4 Å². The van der Waals surface area contributed by atoms with Gasteiger partial charge in [-0.3, -0.25) is 4.68 Å². The lowest BCUT2D eigenvalue weighted by Gasteiger charge is -2.02. The molecular formula is C9H10FN5S. The van der Waals surface area contributed by atoms with Gasteiger partial charge in [0.2, 0.25) is 5.95 Å². The van der Waals surface area contributed by atoms with Crippen LogP contribution in [0.1, 0.15) is 0 Å². The van der Waals surface area contributed by atoms with Crippen LogP contribution in [0.4, 0.5) is 10.3 Å². The Hall–Kier alpha value is -1.63. The van der Waals surface area contributed by atoms with E-state index in [0.717, 1.165) is 11.1 Å². The number of hydrogen-bond acceptors (Lipinski definition) is 5. The summed E-state index contributed by atoms with van der Waals surface area (Å²) in [5.41, 5.74) is 0. The van der Waals surface area contributed by atoms with E-state index < -0.39 is 5.82 Å². The van der Waals surface area contributed by atoms with Crippen LogP contribution in [0, 0.1) is 5.82 Å². The Morgan fingerprint density at radius 3 is 2.88 bits per heavy atom. The molecule has 2 aromatic heterocycles. The Bertz CT molecular complexity index is 498. The summed E-state index contributed by atoms with van der Waals surface area (Å²) in [6, 6.07) is 0. The topological polar surface area (TPSA) is 55.6 Å². The monoisotopic (exact) mass is 239 g/mol. The van der Waals surface area contributed by atoms with Gasteiger partial charge >= 0.3 is 0 Å². The average Bonchev–Trinajstić information content (AvgIpc) is 2.67. The average molecular weight is 239 g/mol. The highest BCUT2D eigenvalue weighted by Gasteiger charge is 2.09. The summed E-state index contributed by atoms with van der Waals surface area (Å²) in [6.07, 6.45) is 4.61. The molecule has 5 nitrogen and oxygen atoms in total. The molecule has 0 aliphatic carbocycles.